The molecule has 4 aromatic rings. The van der Waals surface area contributed by atoms with Gasteiger partial charge in [-0.1, -0.05) is 6.07 Å². The Morgan fingerprint density at radius 1 is 1.17 bits per heavy atom. The molecule has 8 nitrogen and oxygen atoms in total. The zero-order chi connectivity index (χ0) is 24.5. The van der Waals surface area contributed by atoms with Crippen molar-refractivity contribution in [3.05, 3.63) is 58.6 Å². The lowest BCUT2D eigenvalue weighted by Crippen LogP contribution is -2.47. The van der Waals surface area contributed by atoms with Crippen LogP contribution in [-0.4, -0.2) is 46.2 Å². The molecule has 0 bridgehead atoms. The van der Waals surface area contributed by atoms with Crippen molar-refractivity contribution in [1.82, 2.24) is 15.3 Å². The molecule has 1 aliphatic rings. The number of piperidine rings is 1. The number of amides is 2. The molecule has 0 unspecified atom stereocenters. The van der Waals surface area contributed by atoms with Crippen LogP contribution in [-0.2, 0) is 0 Å². The minimum Gasteiger partial charge on any atom is -0.465 e. The van der Waals surface area contributed by atoms with E-state index in [-0.39, 0.29) is 22.3 Å². The third kappa shape index (κ3) is 4.66. The molecule has 0 spiro atoms. The van der Waals surface area contributed by atoms with Crippen LogP contribution in [0.15, 0.2) is 41.2 Å². The highest BCUT2D eigenvalue weighted by molar-refractivity contribution is 7.17. The van der Waals surface area contributed by atoms with Crippen LogP contribution in [0.2, 0.25) is 0 Å². The number of aromatic nitrogens is 2. The standard InChI is InChI=1S/C23H19F2N5O3S2/c24-13-4-1-5-14(25)18(13)22-29-17(11-35-22)21(31)28-16-9-26-15-6-8-34-20(15)19(16)30-7-2-3-12(10-30)27-23(32)33/h1,4-6,8-9,11-12,27H,2-3,7,10H2,(H,28,31)(H,32,33)/t12-/m0/s1. The summed E-state index contributed by atoms with van der Waals surface area (Å²) >= 11 is 2.45. The molecule has 0 aliphatic carbocycles. The molecule has 1 aromatic carbocycles. The number of hydrogen-bond donors (Lipinski definition) is 3. The molecular weight excluding hydrogens is 496 g/mol. The number of thiazole rings is 1. The quantitative estimate of drug-likeness (QED) is 0.338. The van der Waals surface area contributed by atoms with Crippen molar-refractivity contribution < 1.29 is 23.5 Å². The number of anilines is 2. The number of carbonyl (C=O) groups is 2. The summed E-state index contributed by atoms with van der Waals surface area (Å²) in [6, 6.07) is 5.17. The lowest BCUT2D eigenvalue weighted by atomic mass is 10.0. The number of thiophene rings is 1. The molecule has 5 rings (SSSR count). The highest BCUT2D eigenvalue weighted by Crippen LogP contribution is 2.38. The highest BCUT2D eigenvalue weighted by Gasteiger charge is 2.26. The van der Waals surface area contributed by atoms with Gasteiger partial charge in [0.05, 0.1) is 33.4 Å². The van der Waals surface area contributed by atoms with Crippen molar-refractivity contribution >= 4 is 56.3 Å². The van der Waals surface area contributed by atoms with Gasteiger partial charge in [0.1, 0.15) is 22.3 Å². The molecule has 35 heavy (non-hydrogen) atoms. The molecule has 3 N–H and O–H groups in total. The molecule has 0 saturated carbocycles. The maximum absolute atomic E-state index is 14.2. The van der Waals surface area contributed by atoms with E-state index in [1.165, 1.54) is 22.8 Å². The maximum atomic E-state index is 14.2. The molecule has 1 saturated heterocycles. The topological polar surface area (TPSA) is 107 Å². The number of benzene rings is 1. The Balaban J connectivity index is 1.45. The van der Waals surface area contributed by atoms with Gasteiger partial charge in [-0.05, 0) is 36.4 Å². The number of nitrogens with zero attached hydrogens (tertiary/aromatic N) is 3. The number of nitrogens with one attached hydrogen (secondary N) is 2. The van der Waals surface area contributed by atoms with Crippen LogP contribution in [0.25, 0.3) is 20.8 Å². The SMILES string of the molecule is O=C(O)N[C@H]1CCCN(c2c(NC(=O)c3csc(-c4c(F)cccc4F)n3)cnc3ccsc23)C1. The minimum atomic E-state index is -1.08. The van der Waals surface area contributed by atoms with Crippen LogP contribution in [0.4, 0.5) is 25.0 Å². The van der Waals surface area contributed by atoms with Crippen LogP contribution in [0.5, 0.6) is 0 Å². The van der Waals surface area contributed by atoms with Gasteiger partial charge in [-0.15, -0.1) is 22.7 Å². The Morgan fingerprint density at radius 2 is 1.97 bits per heavy atom. The first kappa shape index (κ1) is 23.1. The first-order chi connectivity index (χ1) is 16.9. The number of halogens is 2. The predicted molar refractivity (Wildman–Crippen MR) is 131 cm³/mol. The van der Waals surface area contributed by atoms with Gasteiger partial charge in [-0.3, -0.25) is 9.78 Å². The Morgan fingerprint density at radius 3 is 2.74 bits per heavy atom. The van der Waals surface area contributed by atoms with Gasteiger partial charge in [0.25, 0.3) is 5.91 Å². The van der Waals surface area contributed by atoms with Crippen LogP contribution in [0, 0.1) is 11.6 Å². The second-order valence-electron chi connectivity index (χ2n) is 7.98. The van der Waals surface area contributed by atoms with Crippen LogP contribution >= 0.6 is 22.7 Å². The molecule has 1 fully saturated rings. The third-order valence-electron chi connectivity index (χ3n) is 5.67. The second-order valence-corrected chi connectivity index (χ2v) is 9.75. The van der Waals surface area contributed by atoms with Gasteiger partial charge in [-0.2, -0.15) is 0 Å². The van der Waals surface area contributed by atoms with Gasteiger partial charge >= 0.3 is 6.09 Å². The molecule has 1 aliphatic heterocycles. The minimum absolute atomic E-state index is 0.0222. The van der Waals surface area contributed by atoms with Crippen molar-refractivity contribution in [2.75, 3.05) is 23.3 Å². The number of carboxylic acid groups (broad SMARTS) is 1. The van der Waals surface area contributed by atoms with Crippen molar-refractivity contribution in [3.63, 3.8) is 0 Å². The molecule has 12 heteroatoms. The summed E-state index contributed by atoms with van der Waals surface area (Å²) in [5.74, 6) is -2.05. The number of rotatable bonds is 5. The largest absolute Gasteiger partial charge is 0.465 e. The van der Waals surface area contributed by atoms with Crippen molar-refractivity contribution in [2.24, 2.45) is 0 Å². The summed E-state index contributed by atoms with van der Waals surface area (Å²) in [7, 11) is 0. The smallest absolute Gasteiger partial charge is 0.404 e. The fourth-order valence-electron chi connectivity index (χ4n) is 4.16. The van der Waals surface area contributed by atoms with Crippen molar-refractivity contribution in [2.45, 2.75) is 18.9 Å². The van der Waals surface area contributed by atoms with Gasteiger partial charge in [-0.25, -0.2) is 18.6 Å². The van der Waals surface area contributed by atoms with E-state index in [1.54, 1.807) is 6.20 Å². The molecule has 3 aromatic heterocycles. The number of pyridine rings is 1. The zero-order valence-electron chi connectivity index (χ0n) is 18.1. The zero-order valence-corrected chi connectivity index (χ0v) is 19.8. The fraction of sp³-hybridized carbons (Fsp3) is 0.217. The van der Waals surface area contributed by atoms with Crippen molar-refractivity contribution in [3.8, 4) is 10.6 Å². The Bertz CT molecular complexity index is 1400. The summed E-state index contributed by atoms with van der Waals surface area (Å²) in [6.07, 6.45) is 1.97. The second kappa shape index (κ2) is 9.55. The van der Waals surface area contributed by atoms with E-state index < -0.39 is 23.6 Å². The Hall–Kier alpha value is -3.64. The maximum Gasteiger partial charge on any atom is 0.404 e. The Labute approximate surface area is 206 Å². The number of hydrogen-bond acceptors (Lipinski definition) is 7. The van der Waals surface area contributed by atoms with E-state index in [0.29, 0.717) is 18.8 Å². The predicted octanol–water partition coefficient (Wildman–Crippen LogP) is 5.19. The van der Waals surface area contributed by atoms with E-state index in [4.69, 9.17) is 5.11 Å². The van der Waals surface area contributed by atoms with Crippen molar-refractivity contribution in [1.29, 1.82) is 0 Å². The lowest BCUT2D eigenvalue weighted by Gasteiger charge is -2.35. The van der Waals surface area contributed by atoms with E-state index in [9.17, 15) is 18.4 Å². The molecule has 4 heterocycles. The van der Waals surface area contributed by atoms with E-state index in [0.717, 1.165) is 52.2 Å². The third-order valence-corrected chi connectivity index (χ3v) is 7.44. The average molecular weight is 516 g/mol. The van der Waals surface area contributed by atoms with E-state index in [1.807, 2.05) is 16.3 Å². The first-order valence-corrected chi connectivity index (χ1v) is 12.5. The molecule has 1 atom stereocenters. The van der Waals surface area contributed by atoms with Gasteiger partial charge in [0.15, 0.2) is 0 Å². The molecule has 180 valence electrons. The fourth-order valence-corrected chi connectivity index (χ4v) is 5.93. The van der Waals surface area contributed by atoms with Gasteiger partial charge in [0.2, 0.25) is 0 Å². The van der Waals surface area contributed by atoms with Crippen LogP contribution in [0.3, 0.4) is 0 Å². The highest BCUT2D eigenvalue weighted by atomic mass is 32.1. The monoisotopic (exact) mass is 515 g/mol. The summed E-state index contributed by atoms with van der Waals surface area (Å²) in [6.45, 7) is 1.13. The van der Waals surface area contributed by atoms with Crippen LogP contribution in [0.1, 0.15) is 23.3 Å². The number of fused-ring (bicyclic) bond motifs is 1. The molecular formula is C23H19F2N5O3S2. The summed E-state index contributed by atoms with van der Waals surface area (Å²) in [5.41, 5.74) is 1.72. The molecule has 2 amide bonds. The number of carbonyl (C=O) groups excluding carboxylic acids is 1. The average Bonchev–Trinajstić information content (AvgIpc) is 3.48. The summed E-state index contributed by atoms with van der Waals surface area (Å²) in [4.78, 5) is 34.8. The van der Waals surface area contributed by atoms with E-state index >= 15 is 0 Å². The first-order valence-electron chi connectivity index (χ1n) is 10.7. The summed E-state index contributed by atoms with van der Waals surface area (Å²) in [5, 5.41) is 17.9. The molecule has 0 radical (unpaired) electrons. The normalized spacial score (nSPS) is 15.8. The van der Waals surface area contributed by atoms with Gasteiger partial charge < -0.3 is 20.6 Å². The lowest BCUT2D eigenvalue weighted by molar-refractivity contribution is 0.102. The van der Waals surface area contributed by atoms with E-state index in [2.05, 4.69) is 20.6 Å². The summed E-state index contributed by atoms with van der Waals surface area (Å²) < 4.78 is 29.2. The Kier molecular flexibility index (Phi) is 6.31. The van der Waals surface area contributed by atoms with Crippen LogP contribution < -0.4 is 15.5 Å². The van der Waals surface area contributed by atoms with Gasteiger partial charge in [0, 0.05) is 24.5 Å².